The maximum absolute atomic E-state index is 13.5. The number of hydrogen-bond acceptors (Lipinski definition) is 2. The van der Waals surface area contributed by atoms with E-state index in [1.807, 2.05) is 0 Å². The summed E-state index contributed by atoms with van der Waals surface area (Å²) in [7, 11) is 0. The fourth-order valence-corrected chi connectivity index (χ4v) is 1.98. The number of hydrogen-bond donors (Lipinski definition) is 0. The van der Waals surface area contributed by atoms with Crippen molar-refractivity contribution in [1.29, 1.82) is 0 Å². The average molecular weight is 252 g/mol. The summed E-state index contributed by atoms with van der Waals surface area (Å²) in [5.41, 5.74) is 8.14. The lowest BCUT2D eigenvalue weighted by molar-refractivity contribution is -0.117. The van der Waals surface area contributed by atoms with Crippen molar-refractivity contribution in [3.05, 3.63) is 40.3 Å². The lowest BCUT2D eigenvalue weighted by Gasteiger charge is -2.17. The normalized spacial score (nSPS) is 18.9. The first-order valence-electron chi connectivity index (χ1n) is 5.38. The summed E-state index contributed by atoms with van der Waals surface area (Å²) in [5.74, 6) is -1.69. The van der Waals surface area contributed by atoms with E-state index in [4.69, 9.17) is 5.53 Å². The van der Waals surface area contributed by atoms with Gasteiger partial charge in [-0.2, -0.15) is 0 Å². The molecule has 18 heavy (non-hydrogen) atoms. The quantitative estimate of drug-likeness (QED) is 0.463. The second-order valence-electron chi connectivity index (χ2n) is 4.08. The predicted molar refractivity (Wildman–Crippen MR) is 60.8 cm³/mol. The van der Waals surface area contributed by atoms with Crippen LogP contribution < -0.4 is 4.90 Å². The number of nitrogens with zero attached hydrogens (tertiary/aromatic N) is 4. The highest BCUT2D eigenvalue weighted by atomic mass is 19.1. The summed E-state index contributed by atoms with van der Waals surface area (Å²) < 4.78 is 26.6. The molecular weight excluding hydrogens is 242 g/mol. The Balaban J connectivity index is 2.21. The van der Waals surface area contributed by atoms with Crippen molar-refractivity contribution in [3.8, 4) is 0 Å². The zero-order valence-corrected chi connectivity index (χ0v) is 9.38. The van der Waals surface area contributed by atoms with Gasteiger partial charge in [0.05, 0.1) is 5.69 Å². The molecule has 1 atom stereocenters. The number of azide groups is 1. The Morgan fingerprint density at radius 2 is 2.28 bits per heavy atom. The summed E-state index contributed by atoms with van der Waals surface area (Å²) in [6.45, 7) is 0.411. The van der Waals surface area contributed by atoms with Crippen LogP contribution in [0.4, 0.5) is 14.5 Å². The molecule has 1 heterocycles. The molecule has 0 N–H and O–H groups in total. The van der Waals surface area contributed by atoms with Crippen LogP contribution in [0.2, 0.25) is 0 Å². The van der Waals surface area contributed by atoms with Crippen molar-refractivity contribution in [2.45, 2.75) is 6.42 Å². The van der Waals surface area contributed by atoms with Gasteiger partial charge in [0.15, 0.2) is 0 Å². The molecule has 0 spiro atoms. The zero-order chi connectivity index (χ0) is 13.1. The van der Waals surface area contributed by atoms with Crippen LogP contribution in [0, 0.1) is 17.6 Å². The monoisotopic (exact) mass is 252 g/mol. The third kappa shape index (κ3) is 2.41. The molecule has 1 fully saturated rings. The Labute approximate surface area is 102 Å². The van der Waals surface area contributed by atoms with Crippen LogP contribution in [-0.2, 0) is 4.79 Å². The molecule has 1 aliphatic heterocycles. The summed E-state index contributed by atoms with van der Waals surface area (Å²) in [6, 6.07) is 2.97. The van der Waals surface area contributed by atoms with Gasteiger partial charge < -0.3 is 4.90 Å². The number of carbonyl (C=O) groups is 1. The molecule has 1 aliphatic rings. The summed E-state index contributed by atoms with van der Waals surface area (Å²) >= 11 is 0. The fraction of sp³-hybridized carbons (Fsp3) is 0.364. The molecule has 1 saturated heterocycles. The van der Waals surface area contributed by atoms with Gasteiger partial charge in [-0.3, -0.25) is 4.79 Å². The van der Waals surface area contributed by atoms with Gasteiger partial charge in [0.25, 0.3) is 0 Å². The molecule has 0 aliphatic carbocycles. The highest BCUT2D eigenvalue weighted by Gasteiger charge is 2.31. The number of rotatable bonds is 3. The van der Waals surface area contributed by atoms with Gasteiger partial charge in [0.1, 0.15) is 11.6 Å². The molecule has 1 unspecified atom stereocenters. The summed E-state index contributed by atoms with van der Waals surface area (Å²) in [4.78, 5) is 15.5. The standard InChI is InChI=1S/C11H10F2N4O/c12-8-1-2-9(13)10(4-8)17-6-7(3-11(17)18)5-15-16-14/h1-2,4,7H,3,5-6H2. The first-order chi connectivity index (χ1) is 8.61. The molecule has 0 saturated carbocycles. The number of anilines is 1. The minimum absolute atomic E-state index is 0.0663. The molecule has 1 amide bonds. The molecule has 2 rings (SSSR count). The minimum atomic E-state index is -0.644. The van der Waals surface area contributed by atoms with Gasteiger partial charge in [-0.1, -0.05) is 5.11 Å². The first kappa shape index (κ1) is 12.3. The molecule has 0 aromatic heterocycles. The van der Waals surface area contributed by atoms with Gasteiger partial charge in [-0.15, -0.1) is 0 Å². The van der Waals surface area contributed by atoms with Crippen molar-refractivity contribution in [2.75, 3.05) is 18.0 Å². The lowest BCUT2D eigenvalue weighted by atomic mass is 10.1. The topological polar surface area (TPSA) is 69.1 Å². The van der Waals surface area contributed by atoms with Crippen LogP contribution in [0.15, 0.2) is 23.3 Å². The number of amides is 1. The lowest BCUT2D eigenvalue weighted by Crippen LogP contribution is -2.25. The highest BCUT2D eigenvalue weighted by Crippen LogP contribution is 2.28. The molecule has 94 valence electrons. The van der Waals surface area contributed by atoms with E-state index in [0.29, 0.717) is 0 Å². The smallest absolute Gasteiger partial charge is 0.227 e. The van der Waals surface area contributed by atoms with Crippen LogP contribution in [0.3, 0.4) is 0 Å². The van der Waals surface area contributed by atoms with E-state index in [-0.39, 0.29) is 37.0 Å². The Kier molecular flexibility index (Phi) is 3.43. The van der Waals surface area contributed by atoms with E-state index in [2.05, 4.69) is 10.0 Å². The Morgan fingerprint density at radius 1 is 1.50 bits per heavy atom. The second-order valence-corrected chi connectivity index (χ2v) is 4.08. The van der Waals surface area contributed by atoms with Gasteiger partial charge in [-0.05, 0) is 23.6 Å². The van der Waals surface area contributed by atoms with Crippen molar-refractivity contribution >= 4 is 11.6 Å². The molecule has 1 aromatic rings. The molecule has 1 aromatic carbocycles. The summed E-state index contributed by atoms with van der Waals surface area (Å²) in [6.07, 6.45) is 0.176. The maximum Gasteiger partial charge on any atom is 0.227 e. The van der Waals surface area contributed by atoms with Crippen LogP contribution in [0.1, 0.15) is 6.42 Å². The average Bonchev–Trinajstić information content (AvgIpc) is 2.71. The molecular formula is C11H10F2N4O. The third-order valence-electron chi connectivity index (χ3n) is 2.81. The first-order valence-corrected chi connectivity index (χ1v) is 5.38. The van der Waals surface area contributed by atoms with Crippen molar-refractivity contribution in [3.63, 3.8) is 0 Å². The molecule has 0 radical (unpaired) electrons. The van der Waals surface area contributed by atoms with Crippen LogP contribution >= 0.6 is 0 Å². The largest absolute Gasteiger partial charge is 0.309 e. The van der Waals surface area contributed by atoms with Crippen LogP contribution in [-0.4, -0.2) is 19.0 Å². The predicted octanol–water partition coefficient (Wildman–Crippen LogP) is 2.63. The second kappa shape index (κ2) is 5.01. The Morgan fingerprint density at radius 3 is 3.00 bits per heavy atom. The number of halogens is 2. The molecule has 5 nitrogen and oxygen atoms in total. The van der Waals surface area contributed by atoms with Gasteiger partial charge >= 0.3 is 0 Å². The van der Waals surface area contributed by atoms with E-state index in [1.165, 1.54) is 4.90 Å². The highest BCUT2D eigenvalue weighted by molar-refractivity contribution is 5.95. The maximum atomic E-state index is 13.5. The van der Waals surface area contributed by atoms with Gasteiger partial charge in [0.2, 0.25) is 5.91 Å². The van der Waals surface area contributed by atoms with Gasteiger partial charge in [-0.25, -0.2) is 8.78 Å². The third-order valence-corrected chi connectivity index (χ3v) is 2.81. The fourth-order valence-electron chi connectivity index (χ4n) is 1.98. The minimum Gasteiger partial charge on any atom is -0.309 e. The van der Waals surface area contributed by atoms with Crippen molar-refractivity contribution in [1.82, 2.24) is 0 Å². The summed E-state index contributed by atoms with van der Waals surface area (Å²) in [5, 5.41) is 3.39. The van der Waals surface area contributed by atoms with Crippen LogP contribution in [0.5, 0.6) is 0 Å². The van der Waals surface area contributed by atoms with Gasteiger partial charge in [0, 0.05) is 30.5 Å². The van der Waals surface area contributed by atoms with E-state index < -0.39 is 11.6 Å². The van der Waals surface area contributed by atoms with E-state index in [0.717, 1.165) is 18.2 Å². The SMILES string of the molecule is [N-]=[N+]=NCC1CC(=O)N(c2cc(F)ccc2F)C1. The molecule has 7 heteroatoms. The van der Waals surface area contributed by atoms with E-state index >= 15 is 0 Å². The Hall–Kier alpha value is -2.14. The zero-order valence-electron chi connectivity index (χ0n) is 9.38. The number of benzene rings is 1. The van der Waals surface area contributed by atoms with E-state index in [9.17, 15) is 13.6 Å². The van der Waals surface area contributed by atoms with Crippen molar-refractivity contribution < 1.29 is 13.6 Å². The van der Waals surface area contributed by atoms with Crippen molar-refractivity contribution in [2.24, 2.45) is 11.0 Å². The van der Waals surface area contributed by atoms with E-state index in [1.54, 1.807) is 0 Å². The van der Waals surface area contributed by atoms with Crippen LogP contribution in [0.25, 0.3) is 10.4 Å². The Bertz CT molecular complexity index is 528. The number of carbonyl (C=O) groups excluding carboxylic acids is 1. The molecule has 0 bridgehead atoms.